The van der Waals surface area contributed by atoms with Crippen molar-refractivity contribution in [3.63, 3.8) is 0 Å². The summed E-state index contributed by atoms with van der Waals surface area (Å²) in [6.07, 6.45) is 0.157. The zero-order valence-electron chi connectivity index (χ0n) is 14.8. The second kappa shape index (κ2) is 6.97. The Morgan fingerprint density at radius 2 is 2.00 bits per heavy atom. The highest BCUT2D eigenvalue weighted by atomic mass is 19.4. The summed E-state index contributed by atoms with van der Waals surface area (Å²) >= 11 is 0. The van der Waals surface area contributed by atoms with Gasteiger partial charge in [0.1, 0.15) is 6.54 Å². The van der Waals surface area contributed by atoms with Crippen molar-refractivity contribution >= 4 is 5.91 Å². The third kappa shape index (κ3) is 3.83. The Balaban J connectivity index is 1.79. The van der Waals surface area contributed by atoms with Crippen LogP contribution < -0.4 is 0 Å². The predicted molar refractivity (Wildman–Crippen MR) is 87.2 cm³/mol. The molecule has 3 rings (SSSR count). The Labute approximate surface area is 145 Å². The highest BCUT2D eigenvalue weighted by molar-refractivity contribution is 5.76. The van der Waals surface area contributed by atoms with Crippen LogP contribution in [0.25, 0.3) is 0 Å². The first-order valence-electron chi connectivity index (χ1n) is 8.87. The molecule has 0 spiro atoms. The number of carbonyl (C=O) groups is 1. The van der Waals surface area contributed by atoms with E-state index in [0.29, 0.717) is 31.5 Å². The topological polar surface area (TPSA) is 41.4 Å². The summed E-state index contributed by atoms with van der Waals surface area (Å²) in [7, 11) is 3.93. The van der Waals surface area contributed by atoms with Crippen molar-refractivity contribution in [2.75, 3.05) is 27.2 Å². The van der Waals surface area contributed by atoms with Gasteiger partial charge in [-0.05, 0) is 52.6 Å². The summed E-state index contributed by atoms with van der Waals surface area (Å²) in [6, 6.07) is 0.127. The molecule has 1 aliphatic heterocycles. The van der Waals surface area contributed by atoms with E-state index in [-0.39, 0.29) is 24.1 Å². The maximum atomic E-state index is 13.2. The van der Waals surface area contributed by atoms with Crippen molar-refractivity contribution in [3.05, 3.63) is 17.0 Å². The van der Waals surface area contributed by atoms with E-state index in [9.17, 15) is 18.0 Å². The first-order valence-corrected chi connectivity index (χ1v) is 8.87. The van der Waals surface area contributed by atoms with Crippen molar-refractivity contribution in [3.8, 4) is 0 Å². The number of amides is 1. The van der Waals surface area contributed by atoms with Crippen LogP contribution in [-0.4, -0.2) is 58.7 Å². The van der Waals surface area contributed by atoms with E-state index < -0.39 is 11.9 Å². The second-order valence-electron chi connectivity index (χ2n) is 7.28. The molecule has 0 bridgehead atoms. The molecule has 0 N–H and O–H groups in total. The Kier molecular flexibility index (Phi) is 5.09. The van der Waals surface area contributed by atoms with Crippen LogP contribution in [0.4, 0.5) is 13.2 Å². The van der Waals surface area contributed by atoms with Gasteiger partial charge in [-0.15, -0.1) is 0 Å². The molecule has 2 aliphatic rings. The number of nitrogens with zero attached hydrogens (tertiary/aromatic N) is 4. The first kappa shape index (κ1) is 18.2. The lowest BCUT2D eigenvalue weighted by atomic mass is 10.0. The maximum Gasteiger partial charge on any atom is 0.435 e. The largest absolute Gasteiger partial charge is 0.435 e. The minimum Gasteiger partial charge on any atom is -0.337 e. The smallest absolute Gasteiger partial charge is 0.337 e. The number of aromatic nitrogens is 2. The van der Waals surface area contributed by atoms with Gasteiger partial charge >= 0.3 is 6.18 Å². The summed E-state index contributed by atoms with van der Waals surface area (Å²) in [5.41, 5.74) is 0.0573. The molecule has 1 aromatic heterocycles. The molecule has 0 saturated carbocycles. The minimum atomic E-state index is -4.46. The summed E-state index contributed by atoms with van der Waals surface area (Å²) in [5, 5.41) is 3.76. The number of likely N-dealkylation sites (tertiary alicyclic amines) is 1. The number of halogens is 3. The molecule has 1 amide bonds. The van der Waals surface area contributed by atoms with E-state index in [1.165, 1.54) is 4.68 Å². The molecule has 1 aromatic rings. The van der Waals surface area contributed by atoms with Crippen LogP contribution >= 0.6 is 0 Å². The van der Waals surface area contributed by atoms with Gasteiger partial charge in [-0.2, -0.15) is 18.3 Å². The highest BCUT2D eigenvalue weighted by Gasteiger charge is 2.40. The number of hydrogen-bond donors (Lipinski definition) is 0. The SMILES string of the molecule is CN(C)C[C@@H]1CCCCN1C(=O)Cn1nc(C(F)(F)F)c2c1CCC2. The van der Waals surface area contributed by atoms with Crippen molar-refractivity contribution in [2.24, 2.45) is 0 Å². The molecule has 1 atom stereocenters. The predicted octanol–water partition coefficient (Wildman–Crippen LogP) is 2.33. The van der Waals surface area contributed by atoms with E-state index in [4.69, 9.17) is 0 Å². The minimum absolute atomic E-state index is 0.0949. The fourth-order valence-corrected chi connectivity index (χ4v) is 4.03. The van der Waals surface area contributed by atoms with Crippen LogP contribution in [0.2, 0.25) is 0 Å². The summed E-state index contributed by atoms with van der Waals surface area (Å²) < 4.78 is 40.8. The van der Waals surface area contributed by atoms with Crippen molar-refractivity contribution in [1.82, 2.24) is 19.6 Å². The molecule has 0 aromatic carbocycles. The third-order valence-corrected chi connectivity index (χ3v) is 5.08. The summed E-state index contributed by atoms with van der Waals surface area (Å²) in [6.45, 7) is 1.35. The van der Waals surface area contributed by atoms with Gasteiger partial charge in [0.25, 0.3) is 0 Å². The molecule has 1 aliphatic carbocycles. The molecule has 5 nitrogen and oxygen atoms in total. The number of piperidine rings is 1. The lowest BCUT2D eigenvalue weighted by molar-refractivity contribution is -0.143. The Morgan fingerprint density at radius 3 is 2.68 bits per heavy atom. The van der Waals surface area contributed by atoms with Crippen LogP contribution in [0.1, 0.15) is 42.6 Å². The zero-order valence-corrected chi connectivity index (χ0v) is 14.8. The van der Waals surface area contributed by atoms with E-state index in [1.807, 2.05) is 23.9 Å². The molecule has 0 unspecified atom stereocenters. The average Bonchev–Trinajstić information content (AvgIpc) is 3.10. The number of fused-ring (bicyclic) bond motifs is 1. The van der Waals surface area contributed by atoms with E-state index in [2.05, 4.69) is 5.10 Å². The number of rotatable bonds is 4. The monoisotopic (exact) mass is 358 g/mol. The van der Waals surface area contributed by atoms with Gasteiger partial charge in [0.2, 0.25) is 5.91 Å². The summed E-state index contributed by atoms with van der Waals surface area (Å²) in [5.74, 6) is -0.127. The number of alkyl halides is 3. The van der Waals surface area contributed by atoms with Crippen LogP contribution in [0.15, 0.2) is 0 Å². The van der Waals surface area contributed by atoms with Gasteiger partial charge < -0.3 is 9.80 Å². The van der Waals surface area contributed by atoms with Crippen molar-refractivity contribution in [2.45, 2.75) is 57.3 Å². The molecule has 140 valence electrons. The fraction of sp³-hybridized carbons (Fsp3) is 0.765. The average molecular weight is 358 g/mol. The van der Waals surface area contributed by atoms with Crippen LogP contribution in [0, 0.1) is 0 Å². The normalized spacial score (nSPS) is 21.0. The molecular weight excluding hydrogens is 333 g/mol. The number of carbonyl (C=O) groups excluding carboxylic acids is 1. The van der Waals surface area contributed by atoms with Gasteiger partial charge in [-0.1, -0.05) is 0 Å². The number of likely N-dealkylation sites (N-methyl/N-ethyl adjacent to an activating group) is 1. The number of hydrogen-bond acceptors (Lipinski definition) is 3. The standard InChI is InChI=1S/C17H25F3N4O/c1-22(2)10-12-6-3-4-9-23(12)15(25)11-24-14-8-5-7-13(14)16(21-24)17(18,19)20/h12H,3-11H2,1-2H3/t12-/m0/s1. The van der Waals surface area contributed by atoms with Crippen LogP contribution in [0.3, 0.4) is 0 Å². The second-order valence-corrected chi connectivity index (χ2v) is 7.28. The molecule has 8 heteroatoms. The summed E-state index contributed by atoms with van der Waals surface area (Å²) in [4.78, 5) is 16.7. The lowest BCUT2D eigenvalue weighted by Crippen LogP contribution is -2.49. The molecule has 1 saturated heterocycles. The van der Waals surface area contributed by atoms with E-state index in [0.717, 1.165) is 25.8 Å². The zero-order chi connectivity index (χ0) is 18.2. The van der Waals surface area contributed by atoms with Gasteiger partial charge in [0.15, 0.2) is 5.69 Å². The van der Waals surface area contributed by atoms with Gasteiger partial charge in [0, 0.05) is 30.4 Å². The van der Waals surface area contributed by atoms with E-state index >= 15 is 0 Å². The molecule has 1 fully saturated rings. The fourth-order valence-electron chi connectivity index (χ4n) is 4.03. The third-order valence-electron chi connectivity index (χ3n) is 5.08. The lowest BCUT2D eigenvalue weighted by Gasteiger charge is -2.37. The first-order chi connectivity index (χ1) is 11.8. The Hall–Kier alpha value is -1.57. The molecule has 2 heterocycles. The Morgan fingerprint density at radius 1 is 1.24 bits per heavy atom. The molecule has 25 heavy (non-hydrogen) atoms. The highest BCUT2D eigenvalue weighted by Crippen LogP contribution is 2.36. The van der Waals surface area contributed by atoms with E-state index in [1.54, 1.807) is 0 Å². The quantitative estimate of drug-likeness (QED) is 0.830. The maximum absolute atomic E-state index is 13.2. The van der Waals surface area contributed by atoms with Crippen molar-refractivity contribution < 1.29 is 18.0 Å². The van der Waals surface area contributed by atoms with Crippen LogP contribution in [0.5, 0.6) is 0 Å². The molecular formula is C17H25F3N4O. The van der Waals surface area contributed by atoms with Gasteiger partial charge in [-0.25, -0.2) is 0 Å². The molecule has 0 radical (unpaired) electrons. The Bertz CT molecular complexity index is 639. The van der Waals surface area contributed by atoms with Crippen LogP contribution in [-0.2, 0) is 30.4 Å². The van der Waals surface area contributed by atoms with Crippen molar-refractivity contribution in [1.29, 1.82) is 0 Å². The van der Waals surface area contributed by atoms with Gasteiger partial charge in [-0.3, -0.25) is 9.48 Å². The van der Waals surface area contributed by atoms with Gasteiger partial charge in [0.05, 0.1) is 0 Å².